The van der Waals surface area contributed by atoms with Crippen LogP contribution in [0.4, 0.5) is 0 Å². The van der Waals surface area contributed by atoms with Crippen molar-refractivity contribution < 1.29 is 22.7 Å². The fourth-order valence-electron chi connectivity index (χ4n) is 2.54. The fraction of sp³-hybridized carbons (Fsp3) is 0.333. The maximum absolute atomic E-state index is 12.6. The van der Waals surface area contributed by atoms with Crippen LogP contribution in [0, 0.1) is 13.8 Å². The van der Waals surface area contributed by atoms with Gasteiger partial charge in [0.15, 0.2) is 18.1 Å². The molecule has 31 heavy (non-hydrogen) atoms. The molecule has 2 aromatic rings. The van der Waals surface area contributed by atoms with Gasteiger partial charge in [0.2, 0.25) is 0 Å². The van der Waals surface area contributed by atoms with Crippen LogP contribution in [0.2, 0.25) is 0 Å². The number of benzene rings is 2. The number of ether oxygens (including phenoxy) is 2. The van der Waals surface area contributed by atoms with Crippen molar-refractivity contribution in [2.24, 2.45) is 5.10 Å². The number of likely N-dealkylation sites (N-methyl/N-ethyl adjacent to an activating group) is 1. The molecule has 0 aliphatic heterocycles. The van der Waals surface area contributed by atoms with Crippen LogP contribution < -0.4 is 14.3 Å². The monoisotopic (exact) mass is 511 g/mol. The number of sulfonamides is 1. The lowest BCUT2D eigenvalue weighted by Gasteiger charge is -2.16. The highest BCUT2D eigenvalue weighted by Crippen LogP contribution is 2.36. The normalized spacial score (nSPS) is 11.4. The average molecular weight is 512 g/mol. The molecule has 0 aliphatic rings. The molecule has 0 fully saturated rings. The maximum atomic E-state index is 12.6. The first-order valence-corrected chi connectivity index (χ1v) is 11.7. The zero-order chi connectivity index (χ0) is 23.2. The Morgan fingerprint density at radius 1 is 1.19 bits per heavy atom. The summed E-state index contributed by atoms with van der Waals surface area (Å²) in [7, 11) is -0.522. The van der Waals surface area contributed by atoms with Crippen molar-refractivity contribution in [3.63, 3.8) is 0 Å². The van der Waals surface area contributed by atoms with E-state index >= 15 is 0 Å². The standard InChI is InChI=1S/C21H26BrN3O5S/c1-6-29-18-11-16(10-17(22)21(18)30-13-20(26)25(4)5)12-23-24-31(27,28)19-9-14(2)7-8-15(19)3/h7-12,24H,6,13H2,1-5H3/b23-12+. The lowest BCUT2D eigenvalue weighted by molar-refractivity contribution is -0.130. The van der Waals surface area contributed by atoms with Crippen LogP contribution in [-0.4, -0.2) is 52.7 Å². The number of hydrazone groups is 1. The summed E-state index contributed by atoms with van der Waals surface area (Å²) in [5.74, 6) is 0.591. The van der Waals surface area contributed by atoms with E-state index in [-0.39, 0.29) is 17.4 Å². The predicted molar refractivity (Wildman–Crippen MR) is 123 cm³/mol. The molecule has 0 aromatic heterocycles. The van der Waals surface area contributed by atoms with Crippen LogP contribution in [-0.2, 0) is 14.8 Å². The summed E-state index contributed by atoms with van der Waals surface area (Å²) < 4.78 is 36.9. The number of halogens is 1. The van der Waals surface area contributed by atoms with E-state index in [1.165, 1.54) is 11.1 Å². The minimum absolute atomic E-state index is 0.144. The first-order chi connectivity index (χ1) is 14.5. The third kappa shape index (κ3) is 6.70. The molecule has 0 saturated carbocycles. The summed E-state index contributed by atoms with van der Waals surface area (Å²) in [5.41, 5.74) is 2.04. The van der Waals surface area contributed by atoms with Crippen molar-refractivity contribution in [2.75, 3.05) is 27.3 Å². The van der Waals surface area contributed by atoms with Crippen LogP contribution in [0.3, 0.4) is 0 Å². The summed E-state index contributed by atoms with van der Waals surface area (Å²) in [5, 5.41) is 3.89. The Hall–Kier alpha value is -2.59. The molecule has 0 saturated heterocycles. The van der Waals surface area contributed by atoms with Gasteiger partial charge in [-0.25, -0.2) is 4.83 Å². The molecule has 0 spiro atoms. The Morgan fingerprint density at radius 3 is 2.55 bits per heavy atom. The molecular weight excluding hydrogens is 486 g/mol. The largest absolute Gasteiger partial charge is 0.490 e. The SMILES string of the molecule is CCOc1cc(/C=N/NS(=O)(=O)c2cc(C)ccc2C)cc(Br)c1OCC(=O)N(C)C. The van der Waals surface area contributed by atoms with Crippen molar-refractivity contribution in [3.05, 3.63) is 51.5 Å². The number of carbonyl (C=O) groups is 1. The number of amides is 1. The summed E-state index contributed by atoms with van der Waals surface area (Å²) in [6.45, 7) is 5.61. The van der Waals surface area contributed by atoms with Crippen molar-refractivity contribution in [1.29, 1.82) is 0 Å². The summed E-state index contributed by atoms with van der Waals surface area (Å²) in [6, 6.07) is 8.53. The van der Waals surface area contributed by atoms with E-state index < -0.39 is 10.0 Å². The lowest BCUT2D eigenvalue weighted by Crippen LogP contribution is -2.27. The van der Waals surface area contributed by atoms with E-state index in [9.17, 15) is 13.2 Å². The number of nitrogens with one attached hydrogen (secondary N) is 1. The molecule has 0 radical (unpaired) electrons. The average Bonchev–Trinajstić information content (AvgIpc) is 2.69. The molecular formula is C21H26BrN3O5S. The van der Waals surface area contributed by atoms with Gasteiger partial charge in [-0.15, -0.1) is 0 Å². The molecule has 2 aromatic carbocycles. The number of hydrogen-bond acceptors (Lipinski definition) is 6. The Labute approximate surface area is 191 Å². The smallest absolute Gasteiger partial charge is 0.276 e. The molecule has 1 amide bonds. The van der Waals surface area contributed by atoms with Gasteiger partial charge in [0.05, 0.1) is 22.2 Å². The Kier molecular flexibility index (Phi) is 8.46. The highest BCUT2D eigenvalue weighted by molar-refractivity contribution is 9.10. The highest BCUT2D eigenvalue weighted by atomic mass is 79.9. The second kappa shape index (κ2) is 10.6. The zero-order valence-electron chi connectivity index (χ0n) is 18.1. The van der Waals surface area contributed by atoms with E-state index in [1.807, 2.05) is 19.9 Å². The maximum Gasteiger partial charge on any atom is 0.276 e. The number of nitrogens with zero attached hydrogens (tertiary/aromatic N) is 2. The van der Waals surface area contributed by atoms with Crippen molar-refractivity contribution in [2.45, 2.75) is 25.7 Å². The molecule has 0 heterocycles. The Morgan fingerprint density at radius 2 is 1.90 bits per heavy atom. The van der Waals surface area contributed by atoms with Gasteiger partial charge in [0.25, 0.3) is 15.9 Å². The van der Waals surface area contributed by atoms with Crippen LogP contribution in [0.5, 0.6) is 11.5 Å². The molecule has 1 N–H and O–H groups in total. The predicted octanol–water partition coefficient (Wildman–Crippen LogP) is 3.24. The third-order valence-corrected chi connectivity index (χ3v) is 6.14. The van der Waals surface area contributed by atoms with E-state index in [2.05, 4.69) is 25.9 Å². The van der Waals surface area contributed by atoms with Gasteiger partial charge in [0.1, 0.15) is 0 Å². The van der Waals surface area contributed by atoms with Crippen LogP contribution in [0.1, 0.15) is 23.6 Å². The lowest BCUT2D eigenvalue weighted by atomic mass is 10.2. The number of carbonyl (C=O) groups excluding carboxylic acids is 1. The van der Waals surface area contributed by atoms with E-state index in [0.717, 1.165) is 5.56 Å². The van der Waals surface area contributed by atoms with Gasteiger partial charge in [-0.1, -0.05) is 12.1 Å². The molecule has 2 rings (SSSR count). The topological polar surface area (TPSA) is 97.3 Å². The van der Waals surface area contributed by atoms with Gasteiger partial charge < -0.3 is 14.4 Å². The van der Waals surface area contributed by atoms with Crippen LogP contribution in [0.15, 0.2) is 44.8 Å². The molecule has 0 bridgehead atoms. The summed E-state index contributed by atoms with van der Waals surface area (Å²) in [4.78, 5) is 15.7. The van der Waals surface area contributed by atoms with Crippen molar-refractivity contribution in [3.8, 4) is 11.5 Å². The molecule has 8 nitrogen and oxygen atoms in total. The van der Waals surface area contributed by atoms with E-state index in [4.69, 9.17) is 9.47 Å². The van der Waals surface area contributed by atoms with Gasteiger partial charge in [-0.2, -0.15) is 13.5 Å². The zero-order valence-corrected chi connectivity index (χ0v) is 20.5. The highest BCUT2D eigenvalue weighted by Gasteiger charge is 2.17. The Balaban J connectivity index is 2.23. The van der Waals surface area contributed by atoms with Gasteiger partial charge in [-0.05, 0) is 71.6 Å². The fourth-order valence-corrected chi connectivity index (χ4v) is 4.24. The molecule has 0 aliphatic carbocycles. The van der Waals surface area contributed by atoms with Gasteiger partial charge >= 0.3 is 0 Å². The van der Waals surface area contributed by atoms with Crippen molar-refractivity contribution in [1.82, 2.24) is 9.73 Å². The first kappa shape index (κ1) is 24.7. The minimum atomic E-state index is -3.81. The van der Waals surface area contributed by atoms with Crippen LogP contribution >= 0.6 is 15.9 Å². The molecule has 0 atom stereocenters. The van der Waals surface area contributed by atoms with Gasteiger partial charge in [-0.3, -0.25) is 4.79 Å². The summed E-state index contributed by atoms with van der Waals surface area (Å²) in [6.07, 6.45) is 1.37. The number of rotatable bonds is 9. The number of aryl methyl sites for hydroxylation is 2. The molecule has 10 heteroatoms. The second-order valence-electron chi connectivity index (χ2n) is 6.96. The van der Waals surface area contributed by atoms with E-state index in [1.54, 1.807) is 45.3 Å². The summed E-state index contributed by atoms with van der Waals surface area (Å²) >= 11 is 3.41. The molecule has 0 unspecified atom stereocenters. The first-order valence-electron chi connectivity index (χ1n) is 9.46. The van der Waals surface area contributed by atoms with E-state index in [0.29, 0.717) is 33.7 Å². The van der Waals surface area contributed by atoms with Crippen LogP contribution in [0.25, 0.3) is 0 Å². The number of hydrogen-bond donors (Lipinski definition) is 1. The van der Waals surface area contributed by atoms with Gasteiger partial charge in [0, 0.05) is 14.1 Å². The minimum Gasteiger partial charge on any atom is -0.490 e. The molecule has 168 valence electrons. The quantitative estimate of drug-likeness (QED) is 0.411. The van der Waals surface area contributed by atoms with Crippen molar-refractivity contribution >= 4 is 38.1 Å². The second-order valence-corrected chi connectivity index (χ2v) is 9.45. The third-order valence-electron chi connectivity index (χ3n) is 4.19. The Bertz CT molecular complexity index is 1080.